The molecule has 8 heteroatoms. The highest BCUT2D eigenvalue weighted by atomic mass is 16.3. The summed E-state index contributed by atoms with van der Waals surface area (Å²) in [5, 5.41) is 11.8. The minimum Gasteiger partial charge on any atom is -0.459 e. The molecule has 0 bridgehead atoms. The molecule has 29 heavy (non-hydrogen) atoms. The maximum Gasteiger partial charge on any atom is 0.229 e. The van der Waals surface area contributed by atoms with Crippen LogP contribution in [-0.2, 0) is 0 Å². The molecule has 1 saturated heterocycles. The van der Waals surface area contributed by atoms with E-state index in [0.717, 1.165) is 78.1 Å². The van der Waals surface area contributed by atoms with Gasteiger partial charge in [-0.2, -0.15) is 10.1 Å². The molecular weight excluding hydrogens is 366 g/mol. The minimum absolute atomic E-state index is 0.563. The van der Waals surface area contributed by atoms with Crippen molar-refractivity contribution < 1.29 is 4.42 Å². The maximum atomic E-state index is 5.73. The summed E-state index contributed by atoms with van der Waals surface area (Å²) in [5.41, 5.74) is 10.2. The largest absolute Gasteiger partial charge is 0.459 e. The van der Waals surface area contributed by atoms with E-state index in [0.29, 0.717) is 11.9 Å². The van der Waals surface area contributed by atoms with Crippen molar-refractivity contribution in [2.45, 2.75) is 26.2 Å². The van der Waals surface area contributed by atoms with Crippen LogP contribution in [0, 0.1) is 12.8 Å². The summed E-state index contributed by atoms with van der Waals surface area (Å²) in [6.07, 6.45) is 5.02. The van der Waals surface area contributed by atoms with Crippen LogP contribution in [0.1, 0.15) is 25.0 Å². The molecule has 0 atom stereocenters. The predicted molar refractivity (Wildman–Crippen MR) is 115 cm³/mol. The standard InChI is InChI=1S/C21H25N7O/c1-13-16-3-2-15(12-18(16)27-26-13)23-21-24-17-7-11-29-19(17)20(25-21)28-9-5-14(4-8-22)6-10-28/h2-3,7,11-12,14H,4-6,8-10,22H2,1H3,(H,26,27)(H,23,24,25). The molecule has 1 aromatic carbocycles. The summed E-state index contributed by atoms with van der Waals surface area (Å²) in [6.45, 7) is 4.66. The van der Waals surface area contributed by atoms with Gasteiger partial charge in [0.05, 0.1) is 17.5 Å². The number of aromatic amines is 1. The number of nitrogens with two attached hydrogens (primary N) is 1. The molecule has 0 spiro atoms. The molecule has 4 N–H and O–H groups in total. The fourth-order valence-corrected chi connectivity index (χ4v) is 4.15. The molecule has 150 valence electrons. The zero-order valence-electron chi connectivity index (χ0n) is 16.5. The Labute approximate surface area is 168 Å². The number of H-pyrrole nitrogens is 1. The van der Waals surface area contributed by atoms with Gasteiger partial charge in [-0.05, 0) is 56.8 Å². The zero-order chi connectivity index (χ0) is 19.8. The Morgan fingerprint density at radius 2 is 2.10 bits per heavy atom. The average molecular weight is 391 g/mol. The van der Waals surface area contributed by atoms with Crippen LogP contribution in [0.2, 0.25) is 0 Å². The Hall–Kier alpha value is -3.13. The van der Waals surface area contributed by atoms with E-state index in [2.05, 4.69) is 31.5 Å². The summed E-state index contributed by atoms with van der Waals surface area (Å²) in [4.78, 5) is 11.7. The van der Waals surface area contributed by atoms with Crippen LogP contribution in [-0.4, -0.2) is 39.8 Å². The summed E-state index contributed by atoms with van der Waals surface area (Å²) in [5.74, 6) is 2.12. The minimum atomic E-state index is 0.563. The van der Waals surface area contributed by atoms with Crippen molar-refractivity contribution in [2.24, 2.45) is 11.7 Å². The Balaban J connectivity index is 1.44. The topological polar surface area (TPSA) is 109 Å². The van der Waals surface area contributed by atoms with Crippen molar-refractivity contribution in [1.82, 2.24) is 20.2 Å². The third kappa shape index (κ3) is 3.40. The van der Waals surface area contributed by atoms with Gasteiger partial charge >= 0.3 is 0 Å². The van der Waals surface area contributed by atoms with Crippen molar-refractivity contribution in [3.63, 3.8) is 0 Å². The predicted octanol–water partition coefficient (Wildman–Crippen LogP) is 3.72. The van der Waals surface area contributed by atoms with Gasteiger partial charge in [-0.25, -0.2) is 4.98 Å². The van der Waals surface area contributed by atoms with Crippen molar-refractivity contribution >= 4 is 39.5 Å². The average Bonchev–Trinajstić information content (AvgIpc) is 3.35. The number of rotatable bonds is 5. The molecule has 0 radical (unpaired) electrons. The lowest BCUT2D eigenvalue weighted by Gasteiger charge is -2.32. The molecular formula is C21H25N7O. The maximum absolute atomic E-state index is 5.73. The first-order chi connectivity index (χ1) is 14.2. The second-order valence-electron chi connectivity index (χ2n) is 7.71. The van der Waals surface area contributed by atoms with E-state index in [-0.39, 0.29) is 0 Å². The molecule has 1 aliphatic heterocycles. The van der Waals surface area contributed by atoms with Crippen LogP contribution in [0.25, 0.3) is 22.0 Å². The van der Waals surface area contributed by atoms with E-state index < -0.39 is 0 Å². The van der Waals surface area contributed by atoms with Gasteiger partial charge in [-0.3, -0.25) is 5.10 Å². The molecule has 3 aromatic heterocycles. The van der Waals surface area contributed by atoms with Crippen LogP contribution >= 0.6 is 0 Å². The van der Waals surface area contributed by atoms with E-state index in [1.807, 2.05) is 25.1 Å². The van der Waals surface area contributed by atoms with Crippen molar-refractivity contribution in [3.8, 4) is 0 Å². The lowest BCUT2D eigenvalue weighted by atomic mass is 9.93. The number of nitrogens with one attached hydrogen (secondary N) is 2. The van der Waals surface area contributed by atoms with Crippen molar-refractivity contribution in [3.05, 3.63) is 36.2 Å². The Morgan fingerprint density at radius 3 is 2.93 bits per heavy atom. The van der Waals surface area contributed by atoms with Gasteiger partial charge in [0, 0.05) is 30.2 Å². The normalized spacial score (nSPS) is 15.4. The second kappa shape index (κ2) is 7.36. The van der Waals surface area contributed by atoms with Crippen LogP contribution in [0.15, 0.2) is 34.9 Å². The number of nitrogens with zero attached hydrogens (tertiary/aromatic N) is 4. The van der Waals surface area contributed by atoms with Gasteiger partial charge < -0.3 is 20.4 Å². The monoisotopic (exact) mass is 391 g/mol. The number of aromatic nitrogens is 4. The van der Waals surface area contributed by atoms with E-state index in [4.69, 9.17) is 15.1 Å². The molecule has 1 fully saturated rings. The first-order valence-electron chi connectivity index (χ1n) is 10.1. The van der Waals surface area contributed by atoms with Crippen LogP contribution in [0.5, 0.6) is 0 Å². The van der Waals surface area contributed by atoms with Gasteiger partial charge in [0.15, 0.2) is 11.4 Å². The quantitative estimate of drug-likeness (QED) is 0.476. The number of hydrogen-bond acceptors (Lipinski definition) is 7. The summed E-state index contributed by atoms with van der Waals surface area (Å²) in [6, 6.07) is 7.98. The summed E-state index contributed by atoms with van der Waals surface area (Å²) >= 11 is 0. The van der Waals surface area contributed by atoms with Crippen LogP contribution in [0.4, 0.5) is 17.5 Å². The van der Waals surface area contributed by atoms with E-state index in [9.17, 15) is 0 Å². The van der Waals surface area contributed by atoms with E-state index in [1.165, 1.54) is 0 Å². The number of benzene rings is 1. The highest BCUT2D eigenvalue weighted by molar-refractivity contribution is 5.87. The Kier molecular flexibility index (Phi) is 4.55. The molecule has 1 aliphatic rings. The number of hydrogen-bond donors (Lipinski definition) is 3. The van der Waals surface area contributed by atoms with Crippen LogP contribution in [0.3, 0.4) is 0 Å². The second-order valence-corrected chi connectivity index (χ2v) is 7.71. The number of piperidine rings is 1. The molecule has 4 aromatic rings. The van der Waals surface area contributed by atoms with E-state index in [1.54, 1.807) is 6.26 Å². The molecule has 0 saturated carbocycles. The molecule has 4 heterocycles. The Bertz CT molecular complexity index is 1140. The highest BCUT2D eigenvalue weighted by Crippen LogP contribution is 2.31. The smallest absolute Gasteiger partial charge is 0.229 e. The van der Waals surface area contributed by atoms with Gasteiger partial charge in [0.1, 0.15) is 5.52 Å². The number of fused-ring (bicyclic) bond motifs is 2. The lowest BCUT2D eigenvalue weighted by molar-refractivity contribution is 0.385. The number of anilines is 3. The third-order valence-corrected chi connectivity index (χ3v) is 5.78. The van der Waals surface area contributed by atoms with E-state index >= 15 is 0 Å². The summed E-state index contributed by atoms with van der Waals surface area (Å²) < 4.78 is 5.71. The molecule has 0 amide bonds. The first kappa shape index (κ1) is 17.9. The Morgan fingerprint density at radius 1 is 1.24 bits per heavy atom. The SMILES string of the molecule is Cc1n[nH]c2cc(Nc3nc(N4CCC(CCN)CC4)c4occc4n3)ccc12. The highest BCUT2D eigenvalue weighted by Gasteiger charge is 2.23. The fourth-order valence-electron chi connectivity index (χ4n) is 4.15. The number of furan rings is 1. The van der Waals surface area contributed by atoms with Gasteiger partial charge in [-0.15, -0.1) is 0 Å². The van der Waals surface area contributed by atoms with Gasteiger partial charge in [0.25, 0.3) is 0 Å². The number of aryl methyl sites for hydroxylation is 1. The van der Waals surface area contributed by atoms with Crippen molar-refractivity contribution in [1.29, 1.82) is 0 Å². The molecule has 0 aliphatic carbocycles. The van der Waals surface area contributed by atoms with Crippen molar-refractivity contribution in [2.75, 3.05) is 29.9 Å². The molecule has 5 rings (SSSR count). The van der Waals surface area contributed by atoms with Crippen LogP contribution < -0.4 is 16.0 Å². The first-order valence-corrected chi connectivity index (χ1v) is 10.1. The van der Waals surface area contributed by atoms with Gasteiger partial charge in [0.2, 0.25) is 5.95 Å². The molecule has 8 nitrogen and oxygen atoms in total. The lowest BCUT2D eigenvalue weighted by Crippen LogP contribution is -2.35. The summed E-state index contributed by atoms with van der Waals surface area (Å²) in [7, 11) is 0. The fraction of sp³-hybridized carbons (Fsp3) is 0.381. The third-order valence-electron chi connectivity index (χ3n) is 5.78. The molecule has 0 unspecified atom stereocenters. The van der Waals surface area contributed by atoms with Gasteiger partial charge in [-0.1, -0.05) is 0 Å². The zero-order valence-corrected chi connectivity index (χ0v) is 16.5.